The van der Waals surface area contributed by atoms with Crippen LogP contribution in [0.5, 0.6) is 5.75 Å². The molecule has 0 aliphatic heterocycles. The number of allylic oxidation sites excluding steroid dienone is 2. The number of carbonyl (C=O) groups excluding carboxylic acids is 1. The zero-order chi connectivity index (χ0) is 16.2. The van der Waals surface area contributed by atoms with Gasteiger partial charge in [-0.25, -0.2) is 0 Å². The summed E-state index contributed by atoms with van der Waals surface area (Å²) < 4.78 is 41.1. The monoisotopic (exact) mass is 313 g/mol. The number of hydrogen-bond acceptors (Lipinski definition) is 2. The van der Waals surface area contributed by atoms with Crippen LogP contribution in [0.3, 0.4) is 0 Å². The second-order valence-corrected chi connectivity index (χ2v) is 5.38. The normalized spacial score (nSPS) is 17.5. The Balaban J connectivity index is 2.00. The Hall–Kier alpha value is -1.98. The van der Waals surface area contributed by atoms with Crippen LogP contribution in [0.25, 0.3) is 0 Å². The van der Waals surface area contributed by atoms with Crippen molar-refractivity contribution in [3.8, 4) is 5.75 Å². The summed E-state index contributed by atoms with van der Waals surface area (Å²) in [6.45, 7) is 0.0848. The second-order valence-electron chi connectivity index (χ2n) is 5.38. The van der Waals surface area contributed by atoms with Gasteiger partial charge < -0.3 is 9.64 Å². The van der Waals surface area contributed by atoms with Gasteiger partial charge in [-0.05, 0) is 24.8 Å². The number of carbonyl (C=O) groups is 1. The van der Waals surface area contributed by atoms with Crippen molar-refractivity contribution >= 4 is 5.91 Å². The standard InChI is InChI=1S/C16H18F3NO2/c1-20(15(21)10-12-6-2-3-7-12)11-13-8-4-5-9-14(13)22-16(17,18)19/h2,4-6,8-9,12H,3,7,10-11H2,1H3. The van der Waals surface area contributed by atoms with E-state index in [1.54, 1.807) is 13.1 Å². The van der Waals surface area contributed by atoms with Gasteiger partial charge in [0.1, 0.15) is 5.75 Å². The largest absolute Gasteiger partial charge is 0.573 e. The van der Waals surface area contributed by atoms with Crippen LogP contribution in [0.4, 0.5) is 13.2 Å². The molecule has 120 valence electrons. The number of hydrogen-bond donors (Lipinski definition) is 0. The molecule has 0 N–H and O–H groups in total. The van der Waals surface area contributed by atoms with Gasteiger partial charge in [-0.2, -0.15) is 0 Å². The Bertz CT molecular complexity index is 555. The highest BCUT2D eigenvalue weighted by molar-refractivity contribution is 5.76. The topological polar surface area (TPSA) is 29.5 Å². The molecule has 1 aliphatic carbocycles. The van der Waals surface area contributed by atoms with Crippen LogP contribution >= 0.6 is 0 Å². The zero-order valence-corrected chi connectivity index (χ0v) is 12.3. The number of nitrogens with zero attached hydrogens (tertiary/aromatic N) is 1. The van der Waals surface area contributed by atoms with Crippen molar-refractivity contribution in [1.82, 2.24) is 4.90 Å². The molecule has 0 saturated heterocycles. The molecule has 0 bridgehead atoms. The summed E-state index contributed by atoms with van der Waals surface area (Å²) in [5, 5.41) is 0. The van der Waals surface area contributed by atoms with E-state index in [9.17, 15) is 18.0 Å². The lowest BCUT2D eigenvalue weighted by molar-refractivity contribution is -0.275. The molecule has 1 aromatic carbocycles. The van der Waals surface area contributed by atoms with Gasteiger partial charge >= 0.3 is 6.36 Å². The average Bonchev–Trinajstić information content (AvgIpc) is 2.92. The van der Waals surface area contributed by atoms with E-state index >= 15 is 0 Å². The fourth-order valence-electron chi connectivity index (χ4n) is 2.45. The summed E-state index contributed by atoms with van der Waals surface area (Å²) >= 11 is 0. The highest BCUT2D eigenvalue weighted by Crippen LogP contribution is 2.27. The minimum atomic E-state index is -4.74. The average molecular weight is 313 g/mol. The maximum atomic E-state index is 12.4. The molecule has 22 heavy (non-hydrogen) atoms. The lowest BCUT2D eigenvalue weighted by atomic mass is 10.0. The van der Waals surface area contributed by atoms with Crippen LogP contribution in [0.2, 0.25) is 0 Å². The Morgan fingerprint density at radius 1 is 1.36 bits per heavy atom. The van der Waals surface area contributed by atoms with Gasteiger partial charge in [0, 0.05) is 25.6 Å². The number of para-hydroxylation sites is 1. The van der Waals surface area contributed by atoms with Crippen LogP contribution in [-0.4, -0.2) is 24.2 Å². The molecule has 1 aromatic rings. The molecule has 0 heterocycles. The molecule has 1 atom stereocenters. The van der Waals surface area contributed by atoms with Gasteiger partial charge in [0.25, 0.3) is 0 Å². The summed E-state index contributed by atoms with van der Waals surface area (Å²) in [4.78, 5) is 13.6. The predicted molar refractivity (Wildman–Crippen MR) is 76.1 cm³/mol. The number of rotatable bonds is 5. The lowest BCUT2D eigenvalue weighted by Crippen LogP contribution is -2.28. The third-order valence-electron chi connectivity index (χ3n) is 3.58. The predicted octanol–water partition coefficient (Wildman–Crippen LogP) is 3.90. The number of amides is 1. The van der Waals surface area contributed by atoms with Crippen molar-refractivity contribution < 1.29 is 22.7 Å². The van der Waals surface area contributed by atoms with Gasteiger partial charge in [0.2, 0.25) is 5.91 Å². The van der Waals surface area contributed by atoms with Crippen molar-refractivity contribution in [2.45, 2.75) is 32.2 Å². The maximum absolute atomic E-state index is 12.4. The molecule has 6 heteroatoms. The molecule has 0 aromatic heterocycles. The summed E-state index contributed by atoms with van der Waals surface area (Å²) in [5.41, 5.74) is 0.331. The van der Waals surface area contributed by atoms with Crippen LogP contribution in [0.15, 0.2) is 36.4 Å². The summed E-state index contributed by atoms with van der Waals surface area (Å²) in [5.74, 6) is -0.120. The molecule has 1 aliphatic rings. The van der Waals surface area contributed by atoms with Gasteiger partial charge in [-0.3, -0.25) is 4.79 Å². The van der Waals surface area contributed by atoms with Crippen molar-refractivity contribution in [3.05, 3.63) is 42.0 Å². The molecule has 3 nitrogen and oxygen atoms in total. The third kappa shape index (κ3) is 4.79. The molecule has 0 saturated carbocycles. The van der Waals surface area contributed by atoms with Crippen molar-refractivity contribution in [2.75, 3.05) is 7.05 Å². The molecule has 0 fully saturated rings. The summed E-state index contributed by atoms with van der Waals surface area (Å²) in [7, 11) is 1.59. The second kappa shape index (κ2) is 6.85. The SMILES string of the molecule is CN(Cc1ccccc1OC(F)(F)F)C(=O)CC1C=CCC1. The summed E-state index contributed by atoms with van der Waals surface area (Å²) in [6, 6.07) is 5.87. The zero-order valence-electron chi connectivity index (χ0n) is 12.3. The number of halogens is 3. The fraction of sp³-hybridized carbons (Fsp3) is 0.438. The lowest BCUT2D eigenvalue weighted by Gasteiger charge is -2.21. The van der Waals surface area contributed by atoms with Crippen molar-refractivity contribution in [2.24, 2.45) is 5.92 Å². The quantitative estimate of drug-likeness (QED) is 0.772. The van der Waals surface area contributed by atoms with E-state index in [0.29, 0.717) is 12.0 Å². The first kappa shape index (κ1) is 16.4. The van der Waals surface area contributed by atoms with E-state index < -0.39 is 6.36 Å². The third-order valence-corrected chi connectivity index (χ3v) is 3.58. The van der Waals surface area contributed by atoms with E-state index in [2.05, 4.69) is 4.74 Å². The molecule has 0 spiro atoms. The van der Waals surface area contributed by atoms with E-state index in [0.717, 1.165) is 12.8 Å². The molecule has 2 rings (SSSR count). The van der Waals surface area contributed by atoms with Crippen LogP contribution in [-0.2, 0) is 11.3 Å². The first-order valence-corrected chi connectivity index (χ1v) is 7.09. The molecule has 1 unspecified atom stereocenters. The fourth-order valence-corrected chi connectivity index (χ4v) is 2.45. The van der Waals surface area contributed by atoms with Crippen LogP contribution < -0.4 is 4.74 Å². The first-order valence-electron chi connectivity index (χ1n) is 7.09. The van der Waals surface area contributed by atoms with E-state index in [1.165, 1.54) is 23.1 Å². The van der Waals surface area contributed by atoms with E-state index in [4.69, 9.17) is 0 Å². The van der Waals surface area contributed by atoms with Crippen molar-refractivity contribution in [3.63, 3.8) is 0 Å². The maximum Gasteiger partial charge on any atom is 0.573 e. The minimum absolute atomic E-state index is 0.0848. The van der Waals surface area contributed by atoms with Crippen LogP contribution in [0, 0.1) is 5.92 Å². The molecular weight excluding hydrogens is 295 g/mol. The molecule has 0 radical (unpaired) electrons. The number of alkyl halides is 3. The summed E-state index contributed by atoms with van der Waals surface area (Å²) in [6.07, 6.45) is 1.64. The Morgan fingerprint density at radius 2 is 2.09 bits per heavy atom. The van der Waals surface area contributed by atoms with Crippen LogP contribution in [0.1, 0.15) is 24.8 Å². The first-order chi connectivity index (χ1) is 10.3. The molecular formula is C16H18F3NO2. The van der Waals surface area contributed by atoms with Crippen molar-refractivity contribution in [1.29, 1.82) is 0 Å². The van der Waals surface area contributed by atoms with Gasteiger partial charge in [-0.1, -0.05) is 30.4 Å². The van der Waals surface area contributed by atoms with Gasteiger partial charge in [-0.15, -0.1) is 13.2 Å². The Labute approximate surface area is 127 Å². The number of benzene rings is 1. The Morgan fingerprint density at radius 3 is 2.73 bits per heavy atom. The van der Waals surface area contributed by atoms with Gasteiger partial charge in [0.15, 0.2) is 0 Å². The van der Waals surface area contributed by atoms with E-state index in [1.807, 2.05) is 12.2 Å². The molecule has 1 amide bonds. The smallest absolute Gasteiger partial charge is 0.405 e. The highest BCUT2D eigenvalue weighted by Gasteiger charge is 2.32. The Kier molecular flexibility index (Phi) is 5.11. The van der Waals surface area contributed by atoms with E-state index in [-0.39, 0.29) is 24.1 Å². The minimum Gasteiger partial charge on any atom is -0.405 e. The highest BCUT2D eigenvalue weighted by atomic mass is 19.4. The van der Waals surface area contributed by atoms with Gasteiger partial charge in [0.05, 0.1) is 0 Å². The number of ether oxygens (including phenoxy) is 1.